The van der Waals surface area contributed by atoms with E-state index in [0.29, 0.717) is 27.9 Å². The summed E-state index contributed by atoms with van der Waals surface area (Å²) in [6, 6.07) is 21.6. The topological polar surface area (TPSA) is 81.8 Å². The van der Waals surface area contributed by atoms with E-state index in [1.54, 1.807) is 54.6 Å². The molecule has 3 amide bonds. The lowest BCUT2D eigenvalue weighted by atomic mass is 10.0. The highest BCUT2D eigenvalue weighted by atomic mass is 35.5. The largest absolute Gasteiger partial charge is 0.324 e. The van der Waals surface area contributed by atoms with Gasteiger partial charge in [0.05, 0.1) is 12.1 Å². The normalized spacial score (nSPS) is 15.7. The Labute approximate surface area is 220 Å². The molecule has 1 aliphatic heterocycles. The van der Waals surface area contributed by atoms with Crippen LogP contribution >= 0.6 is 23.8 Å². The Balaban J connectivity index is 1.62. The number of halogens is 1. The maximum atomic E-state index is 13.3. The standard InChI is InChI=1S/C27H25ClN4O3S/c1-17(2)18-8-12-21(13-9-18)29-26(35)23-16-24(33)31(22-14-10-20(28)11-15-22)27(36)32(23)30-25(34)19-6-4-3-5-7-19/h3-15,17,23H,16H2,1-2H3,(H,29,35)(H,30,34)/t23-/m1/s1. The average molecular weight is 521 g/mol. The van der Waals surface area contributed by atoms with E-state index in [2.05, 4.69) is 24.6 Å². The molecular weight excluding hydrogens is 496 g/mol. The molecule has 1 heterocycles. The number of thiocarbonyl (C=S) groups is 1. The van der Waals surface area contributed by atoms with Crippen molar-refractivity contribution in [2.45, 2.75) is 32.2 Å². The lowest BCUT2D eigenvalue weighted by molar-refractivity contribution is -0.127. The van der Waals surface area contributed by atoms with Crippen LogP contribution in [0.3, 0.4) is 0 Å². The molecule has 0 aromatic heterocycles. The fourth-order valence-electron chi connectivity index (χ4n) is 3.82. The summed E-state index contributed by atoms with van der Waals surface area (Å²) in [6.07, 6.45) is -0.201. The van der Waals surface area contributed by atoms with Crippen molar-refractivity contribution in [1.82, 2.24) is 10.4 Å². The highest BCUT2D eigenvalue weighted by Crippen LogP contribution is 2.26. The van der Waals surface area contributed by atoms with Crippen molar-refractivity contribution >= 4 is 58.0 Å². The van der Waals surface area contributed by atoms with Gasteiger partial charge in [0, 0.05) is 16.3 Å². The quantitative estimate of drug-likeness (QED) is 0.440. The van der Waals surface area contributed by atoms with Gasteiger partial charge in [0.1, 0.15) is 6.04 Å². The fraction of sp³-hybridized carbons (Fsp3) is 0.185. The predicted octanol–water partition coefficient (Wildman–Crippen LogP) is 5.14. The third-order valence-electron chi connectivity index (χ3n) is 5.82. The molecule has 4 rings (SSSR count). The zero-order valence-electron chi connectivity index (χ0n) is 19.8. The second kappa shape index (κ2) is 10.9. The SMILES string of the molecule is CC(C)c1ccc(NC(=O)[C@H]2CC(=O)N(c3ccc(Cl)cc3)C(=S)N2NC(=O)c2ccccc2)cc1. The Morgan fingerprint density at radius 2 is 1.61 bits per heavy atom. The van der Waals surface area contributed by atoms with Crippen molar-refractivity contribution in [2.24, 2.45) is 0 Å². The lowest BCUT2D eigenvalue weighted by Crippen LogP contribution is -2.65. The van der Waals surface area contributed by atoms with Gasteiger partial charge in [-0.05, 0) is 72.2 Å². The van der Waals surface area contributed by atoms with Crippen molar-refractivity contribution in [1.29, 1.82) is 0 Å². The molecule has 9 heteroatoms. The van der Waals surface area contributed by atoms with Gasteiger partial charge in [-0.25, -0.2) is 5.01 Å². The molecule has 2 N–H and O–H groups in total. The van der Waals surface area contributed by atoms with Gasteiger partial charge in [-0.3, -0.25) is 24.7 Å². The second-order valence-electron chi connectivity index (χ2n) is 8.65. The minimum atomic E-state index is -1.05. The zero-order valence-corrected chi connectivity index (χ0v) is 21.3. The molecule has 0 spiro atoms. The average Bonchev–Trinajstić information content (AvgIpc) is 2.87. The van der Waals surface area contributed by atoms with Crippen LogP contribution in [0.5, 0.6) is 0 Å². The molecule has 1 atom stereocenters. The van der Waals surface area contributed by atoms with E-state index in [9.17, 15) is 14.4 Å². The molecule has 3 aromatic carbocycles. The molecule has 1 saturated heterocycles. The van der Waals surface area contributed by atoms with Crippen molar-refractivity contribution in [3.05, 3.63) is 95.0 Å². The summed E-state index contributed by atoms with van der Waals surface area (Å²) in [5.74, 6) is -0.942. The van der Waals surface area contributed by atoms with Crippen molar-refractivity contribution in [3.63, 3.8) is 0 Å². The molecular formula is C27H25ClN4O3S. The van der Waals surface area contributed by atoms with E-state index in [-0.39, 0.29) is 17.4 Å². The molecule has 7 nitrogen and oxygen atoms in total. The van der Waals surface area contributed by atoms with E-state index in [0.717, 1.165) is 5.56 Å². The van der Waals surface area contributed by atoms with Crippen LogP contribution in [0.2, 0.25) is 5.02 Å². The molecule has 0 bridgehead atoms. The molecule has 0 saturated carbocycles. The monoisotopic (exact) mass is 520 g/mol. The van der Waals surface area contributed by atoms with Crippen LogP contribution in [0.1, 0.15) is 42.1 Å². The third kappa shape index (κ3) is 5.56. The molecule has 184 valence electrons. The highest BCUT2D eigenvalue weighted by molar-refractivity contribution is 7.80. The van der Waals surface area contributed by atoms with Gasteiger partial charge in [0.15, 0.2) is 0 Å². The number of hydrazine groups is 1. The number of hydrogen-bond acceptors (Lipinski definition) is 4. The van der Waals surface area contributed by atoms with Gasteiger partial charge >= 0.3 is 0 Å². The first-order valence-corrected chi connectivity index (χ1v) is 12.2. The summed E-state index contributed by atoms with van der Waals surface area (Å²) in [4.78, 5) is 40.8. The first-order chi connectivity index (χ1) is 17.2. The Kier molecular flexibility index (Phi) is 7.67. The maximum absolute atomic E-state index is 13.3. The van der Waals surface area contributed by atoms with Crippen LogP contribution in [0.15, 0.2) is 78.9 Å². The number of nitrogens with zero attached hydrogens (tertiary/aromatic N) is 2. The summed E-state index contributed by atoms with van der Waals surface area (Å²) in [5.41, 5.74) is 5.32. The fourth-order valence-corrected chi connectivity index (χ4v) is 4.32. The smallest absolute Gasteiger partial charge is 0.269 e. The molecule has 36 heavy (non-hydrogen) atoms. The van der Waals surface area contributed by atoms with Gasteiger partial charge < -0.3 is 5.32 Å². The Hall–Kier alpha value is -3.75. The van der Waals surface area contributed by atoms with Crippen molar-refractivity contribution < 1.29 is 14.4 Å². The minimum Gasteiger partial charge on any atom is -0.324 e. The molecule has 0 unspecified atom stereocenters. The van der Waals surface area contributed by atoms with Crippen LogP contribution in [0.25, 0.3) is 0 Å². The summed E-state index contributed by atoms with van der Waals surface area (Å²) in [7, 11) is 0. The van der Waals surface area contributed by atoms with Crippen LogP contribution in [0.4, 0.5) is 11.4 Å². The second-order valence-corrected chi connectivity index (χ2v) is 9.45. The van der Waals surface area contributed by atoms with Gasteiger partial charge in [-0.2, -0.15) is 0 Å². The van der Waals surface area contributed by atoms with E-state index in [4.69, 9.17) is 23.8 Å². The summed E-state index contributed by atoms with van der Waals surface area (Å²) in [5, 5.41) is 4.60. The number of benzene rings is 3. The van der Waals surface area contributed by atoms with E-state index in [1.165, 1.54) is 9.91 Å². The number of anilines is 2. The number of carbonyl (C=O) groups is 3. The first kappa shape index (κ1) is 25.3. The number of rotatable bonds is 6. The van der Waals surface area contributed by atoms with Gasteiger partial charge in [-0.15, -0.1) is 0 Å². The predicted molar refractivity (Wildman–Crippen MR) is 145 cm³/mol. The maximum Gasteiger partial charge on any atom is 0.269 e. The van der Waals surface area contributed by atoms with Gasteiger partial charge in [-0.1, -0.05) is 55.8 Å². The molecule has 0 radical (unpaired) electrons. The Bertz CT molecular complexity index is 1280. The van der Waals surface area contributed by atoms with Crippen LogP contribution in [-0.2, 0) is 9.59 Å². The van der Waals surface area contributed by atoms with Crippen molar-refractivity contribution in [3.8, 4) is 0 Å². The minimum absolute atomic E-state index is 0.0202. The van der Waals surface area contributed by atoms with Gasteiger partial charge in [0.2, 0.25) is 16.9 Å². The molecule has 3 aromatic rings. The first-order valence-electron chi connectivity index (χ1n) is 11.4. The van der Waals surface area contributed by atoms with E-state index in [1.807, 2.05) is 24.3 Å². The highest BCUT2D eigenvalue weighted by Gasteiger charge is 2.42. The number of nitrogens with one attached hydrogen (secondary N) is 2. The Morgan fingerprint density at radius 1 is 0.972 bits per heavy atom. The lowest BCUT2D eigenvalue weighted by Gasteiger charge is -2.41. The number of amides is 3. The van der Waals surface area contributed by atoms with Crippen LogP contribution in [-0.4, -0.2) is 33.9 Å². The van der Waals surface area contributed by atoms with E-state index < -0.39 is 17.9 Å². The van der Waals surface area contributed by atoms with Crippen molar-refractivity contribution in [2.75, 3.05) is 10.2 Å². The molecule has 0 aliphatic carbocycles. The van der Waals surface area contributed by atoms with Crippen LogP contribution < -0.4 is 15.6 Å². The van der Waals surface area contributed by atoms with Crippen LogP contribution in [0, 0.1) is 0 Å². The third-order valence-corrected chi connectivity index (χ3v) is 6.45. The Morgan fingerprint density at radius 3 is 2.22 bits per heavy atom. The summed E-state index contributed by atoms with van der Waals surface area (Å²) < 4.78 is 0. The summed E-state index contributed by atoms with van der Waals surface area (Å²) >= 11 is 11.6. The number of carbonyl (C=O) groups excluding carboxylic acids is 3. The molecule has 1 aliphatic rings. The molecule has 1 fully saturated rings. The van der Waals surface area contributed by atoms with Gasteiger partial charge in [0.25, 0.3) is 5.91 Å². The summed E-state index contributed by atoms with van der Waals surface area (Å²) in [6.45, 7) is 4.17. The van der Waals surface area contributed by atoms with E-state index >= 15 is 0 Å². The number of hydrogen-bond donors (Lipinski definition) is 2. The zero-order chi connectivity index (χ0) is 25.8.